The predicted octanol–water partition coefficient (Wildman–Crippen LogP) is 2.14. The van der Waals surface area contributed by atoms with Crippen molar-refractivity contribution in [3.8, 4) is 0 Å². The van der Waals surface area contributed by atoms with Crippen molar-refractivity contribution in [2.75, 3.05) is 37.8 Å². The van der Waals surface area contributed by atoms with E-state index in [1.54, 1.807) is 0 Å². The first-order valence-electron chi connectivity index (χ1n) is 18.9. The number of phosphoric ester groups is 3. The number of aliphatic hydroxyl groups is 2. The molecule has 2 unspecified atom stereocenters. The molecule has 0 bridgehead atoms. The molecular weight excluding hydrogens is 891 g/mol. The molecule has 0 radical (unpaired) electrons. The third-order valence-corrected chi connectivity index (χ3v) is 12.6. The molecule has 61 heavy (non-hydrogen) atoms. The molecule has 1 saturated heterocycles. The number of nitrogen functional groups attached to an aromatic ring is 1. The number of nitrogens with one attached hydrogen (secondary N) is 2. The quantitative estimate of drug-likeness (QED) is 0.0352. The molecule has 24 nitrogen and oxygen atoms in total. The first-order valence-corrected chi connectivity index (χ1v) is 24.4. The first kappa shape index (κ1) is 52.4. The minimum atomic E-state index is -5.57. The van der Waals surface area contributed by atoms with E-state index in [0.717, 1.165) is 61.1 Å². The Hall–Kier alpha value is -2.96. The monoisotopic (exact) mass is 945 g/mol. The Balaban J connectivity index is 1.40. The molecule has 2 aromatic rings. The van der Waals surface area contributed by atoms with Gasteiger partial charge in [0.05, 0.1) is 19.5 Å². The molecule has 0 spiro atoms. The zero-order chi connectivity index (χ0) is 45.4. The van der Waals surface area contributed by atoms with Gasteiger partial charge >= 0.3 is 23.5 Å². The number of anilines is 1. The van der Waals surface area contributed by atoms with E-state index in [2.05, 4.69) is 65.6 Å². The van der Waals surface area contributed by atoms with Crippen LogP contribution >= 0.6 is 35.2 Å². The molecule has 3 rings (SSSR count). The van der Waals surface area contributed by atoms with Gasteiger partial charge < -0.3 is 50.9 Å². The molecule has 10 N–H and O–H groups in total. The SMILES string of the molecule is CC/C=C\C/C=C\CCCCC(=O)SCCNC(=O)CCNC(=O)[C@H](O)C(C)(C)COP(=O)(O)OP(=O)(O)OC[C@H]1O[C@@H](n2cnc3c(N)ncnc32)[C@H](O)[C@@H]1OP(=O)(O)O. The Kier molecular flexibility index (Phi) is 20.8. The van der Waals surface area contributed by atoms with Gasteiger partial charge in [-0.3, -0.25) is 32.5 Å². The maximum absolute atomic E-state index is 12.7. The van der Waals surface area contributed by atoms with Gasteiger partial charge in [0.1, 0.15) is 36.3 Å². The van der Waals surface area contributed by atoms with Crippen LogP contribution in [-0.4, -0.2) is 123 Å². The van der Waals surface area contributed by atoms with Gasteiger partial charge in [0.15, 0.2) is 22.8 Å². The Morgan fingerprint density at radius 2 is 1.70 bits per heavy atom. The summed E-state index contributed by atoms with van der Waals surface area (Å²) in [5.74, 6) is -1.07. The fourth-order valence-corrected chi connectivity index (χ4v) is 9.00. The molecule has 344 valence electrons. The highest BCUT2D eigenvalue weighted by Crippen LogP contribution is 2.61. The molecule has 28 heteroatoms. The number of hydrogen-bond acceptors (Lipinski definition) is 18. The molecule has 3 heterocycles. The lowest BCUT2D eigenvalue weighted by Gasteiger charge is -2.30. The van der Waals surface area contributed by atoms with Crippen LogP contribution < -0.4 is 16.4 Å². The summed E-state index contributed by atoms with van der Waals surface area (Å²) in [6.45, 7) is 2.61. The molecule has 2 aromatic heterocycles. The van der Waals surface area contributed by atoms with E-state index < -0.39 is 84.6 Å². The number of rotatable bonds is 27. The number of carbonyl (C=O) groups is 3. The number of aromatic nitrogens is 4. The van der Waals surface area contributed by atoms with Gasteiger partial charge in [-0.15, -0.1) is 0 Å². The molecule has 0 aliphatic carbocycles. The van der Waals surface area contributed by atoms with E-state index in [-0.39, 0.29) is 41.6 Å². The first-order chi connectivity index (χ1) is 28.6. The van der Waals surface area contributed by atoms with Crippen molar-refractivity contribution >= 4 is 69.1 Å². The van der Waals surface area contributed by atoms with Crippen molar-refractivity contribution in [3.63, 3.8) is 0 Å². The molecule has 1 aliphatic rings. The van der Waals surface area contributed by atoms with Crippen LogP contribution in [0.4, 0.5) is 5.82 Å². The summed E-state index contributed by atoms with van der Waals surface area (Å²) >= 11 is 1.12. The van der Waals surface area contributed by atoms with Gasteiger partial charge in [0.2, 0.25) is 11.8 Å². The summed E-state index contributed by atoms with van der Waals surface area (Å²) in [6.07, 6.45) is 6.42. The summed E-state index contributed by atoms with van der Waals surface area (Å²) in [5, 5.41) is 26.5. The summed E-state index contributed by atoms with van der Waals surface area (Å²) in [6, 6.07) is 0. The molecule has 0 saturated carbocycles. The van der Waals surface area contributed by atoms with Crippen LogP contribution in [-0.2, 0) is 50.7 Å². The minimum Gasteiger partial charge on any atom is -0.386 e. The number of aliphatic hydroxyl groups excluding tert-OH is 2. The number of fused-ring (bicyclic) bond motifs is 1. The second-order valence-corrected chi connectivity index (χ2v) is 19.5. The van der Waals surface area contributed by atoms with Crippen LogP contribution in [0.15, 0.2) is 37.0 Å². The van der Waals surface area contributed by atoms with Crippen LogP contribution in [0.3, 0.4) is 0 Å². The standard InChI is InChI=1S/C33H54N7O17P3S/c1-4-5-6-7-8-9-10-11-12-13-24(42)61-17-16-35-23(41)14-15-36-31(45)28(44)33(2,3)19-54-60(51,52)57-59(49,50)53-18-22-27(56-58(46,47)48)26(43)32(55-22)40-21-39-25-29(34)37-20-38-30(25)40/h5-6,8-9,20-22,26-28,32,43-44H,4,7,10-19H2,1-3H3,(H,35,41)(H,36,45)(H,49,50)(H,51,52)(H2,34,37,38)(H2,46,47,48)/b6-5-,9-8-/t22-,26-,27-,28+,32-/m1/s1. The largest absolute Gasteiger partial charge is 0.481 e. The molecular formula is C33H54N7O17P3S. The van der Waals surface area contributed by atoms with Crippen LogP contribution in [0.25, 0.3) is 11.2 Å². The van der Waals surface area contributed by atoms with Gasteiger partial charge in [0, 0.05) is 37.1 Å². The van der Waals surface area contributed by atoms with Gasteiger partial charge in [-0.1, -0.05) is 56.8 Å². The number of nitrogens with zero attached hydrogens (tertiary/aromatic N) is 4. The smallest absolute Gasteiger partial charge is 0.386 e. The van der Waals surface area contributed by atoms with E-state index in [9.17, 15) is 57.9 Å². The number of unbranched alkanes of at least 4 members (excludes halogenated alkanes) is 2. The highest BCUT2D eigenvalue weighted by molar-refractivity contribution is 8.13. The number of allylic oxidation sites excluding steroid dienone is 4. The Morgan fingerprint density at radius 1 is 1.00 bits per heavy atom. The number of nitrogens with two attached hydrogens (primary N) is 1. The van der Waals surface area contributed by atoms with Crippen molar-refractivity contribution in [1.29, 1.82) is 0 Å². The topological polar surface area (TPSA) is 364 Å². The molecule has 1 fully saturated rings. The zero-order valence-electron chi connectivity index (χ0n) is 33.6. The Morgan fingerprint density at radius 3 is 2.41 bits per heavy atom. The minimum absolute atomic E-state index is 0.0287. The number of ether oxygens (including phenoxy) is 1. The van der Waals surface area contributed by atoms with Crippen molar-refractivity contribution < 1.29 is 80.5 Å². The number of imidazole rings is 1. The van der Waals surface area contributed by atoms with Gasteiger partial charge in [-0.05, 0) is 32.1 Å². The lowest BCUT2D eigenvalue weighted by Crippen LogP contribution is -2.46. The Labute approximate surface area is 355 Å². The van der Waals surface area contributed by atoms with E-state index in [0.29, 0.717) is 12.2 Å². The average Bonchev–Trinajstić information content (AvgIpc) is 3.73. The van der Waals surface area contributed by atoms with E-state index in [1.165, 1.54) is 13.8 Å². The number of carbonyl (C=O) groups excluding carboxylic acids is 3. The van der Waals surface area contributed by atoms with Gasteiger partial charge in [-0.25, -0.2) is 28.6 Å². The number of thioether (sulfide) groups is 1. The van der Waals surface area contributed by atoms with Crippen molar-refractivity contribution in [1.82, 2.24) is 30.2 Å². The van der Waals surface area contributed by atoms with E-state index in [1.807, 2.05) is 0 Å². The lowest BCUT2D eigenvalue weighted by molar-refractivity contribution is -0.137. The second kappa shape index (κ2) is 24.2. The maximum atomic E-state index is 12.7. The molecule has 2 amide bonds. The number of phosphoric acid groups is 3. The normalized spacial score (nSPS) is 21.1. The van der Waals surface area contributed by atoms with E-state index >= 15 is 0 Å². The number of amides is 2. The predicted molar refractivity (Wildman–Crippen MR) is 219 cm³/mol. The second-order valence-electron chi connectivity index (χ2n) is 14.1. The molecule has 1 aliphatic heterocycles. The van der Waals surface area contributed by atoms with Gasteiger partial charge in [-0.2, -0.15) is 4.31 Å². The highest BCUT2D eigenvalue weighted by atomic mass is 32.2. The van der Waals surface area contributed by atoms with Gasteiger partial charge in [0.25, 0.3) is 0 Å². The van der Waals surface area contributed by atoms with Crippen LogP contribution in [0, 0.1) is 5.41 Å². The fourth-order valence-electron chi connectivity index (χ4n) is 5.45. The third kappa shape index (κ3) is 18.0. The zero-order valence-corrected chi connectivity index (χ0v) is 37.1. The van der Waals surface area contributed by atoms with Crippen molar-refractivity contribution in [2.24, 2.45) is 5.41 Å². The van der Waals surface area contributed by atoms with Crippen molar-refractivity contribution in [2.45, 2.75) is 96.4 Å². The average molecular weight is 946 g/mol. The number of hydrogen-bond donors (Lipinski definition) is 9. The molecule has 7 atom stereocenters. The molecule has 0 aromatic carbocycles. The van der Waals surface area contributed by atoms with Crippen LogP contribution in [0.5, 0.6) is 0 Å². The highest BCUT2D eigenvalue weighted by Gasteiger charge is 2.50. The van der Waals surface area contributed by atoms with Crippen LogP contribution in [0.1, 0.15) is 71.9 Å². The maximum Gasteiger partial charge on any atom is 0.481 e. The summed E-state index contributed by atoms with van der Waals surface area (Å²) in [4.78, 5) is 87.9. The lowest BCUT2D eigenvalue weighted by atomic mass is 9.87. The summed E-state index contributed by atoms with van der Waals surface area (Å²) in [5.41, 5.74) is 4.27. The fraction of sp³-hybridized carbons (Fsp3) is 0.636. The summed E-state index contributed by atoms with van der Waals surface area (Å²) < 4.78 is 62.3. The third-order valence-electron chi connectivity index (χ3n) is 8.61. The Bertz CT molecular complexity index is 1980. The summed E-state index contributed by atoms with van der Waals surface area (Å²) in [7, 11) is -16.4. The van der Waals surface area contributed by atoms with Crippen molar-refractivity contribution in [3.05, 3.63) is 37.0 Å². The van der Waals surface area contributed by atoms with E-state index in [4.69, 9.17) is 19.5 Å². The van der Waals surface area contributed by atoms with Crippen LogP contribution in [0.2, 0.25) is 0 Å².